The number of nitrogens with one attached hydrogen (secondary N) is 1. The molecular weight excluding hydrogens is 375 g/mol. The number of carbonyl (C=O) groups excluding carboxylic acids is 1. The third-order valence-corrected chi connectivity index (χ3v) is 5.07. The van der Waals surface area contributed by atoms with Crippen LogP contribution in [0.15, 0.2) is 24.7 Å². The van der Waals surface area contributed by atoms with E-state index in [-0.39, 0.29) is 11.9 Å². The Hall–Kier alpha value is -2.38. The van der Waals surface area contributed by atoms with Crippen LogP contribution >= 0.6 is 23.2 Å². The topological polar surface area (TPSA) is 75.4 Å². The molecule has 0 radical (unpaired) electrons. The number of imidazole rings is 1. The molecule has 0 saturated carbocycles. The molecule has 1 saturated heterocycles. The van der Waals surface area contributed by atoms with E-state index in [1.54, 1.807) is 18.5 Å². The highest BCUT2D eigenvalue weighted by molar-refractivity contribution is 6.34. The van der Waals surface area contributed by atoms with Gasteiger partial charge in [-0.3, -0.25) is 4.79 Å². The van der Waals surface area contributed by atoms with E-state index in [1.807, 2.05) is 23.1 Å². The van der Waals surface area contributed by atoms with Crippen LogP contribution in [0.3, 0.4) is 0 Å². The van der Waals surface area contributed by atoms with Crippen LogP contribution in [0.2, 0.25) is 10.2 Å². The van der Waals surface area contributed by atoms with Gasteiger partial charge in [0.15, 0.2) is 5.65 Å². The Kier molecular flexibility index (Phi) is 4.20. The van der Waals surface area contributed by atoms with Gasteiger partial charge in [0.1, 0.15) is 10.8 Å². The third-order valence-electron chi connectivity index (χ3n) is 4.58. The molecule has 1 N–H and O–H groups in total. The Bertz CT molecular complexity index is 1010. The van der Waals surface area contributed by atoms with Crippen LogP contribution in [-0.2, 0) is 0 Å². The molecule has 0 aromatic carbocycles. The summed E-state index contributed by atoms with van der Waals surface area (Å²) in [6.45, 7) is 5.19. The fourth-order valence-corrected chi connectivity index (χ4v) is 3.35. The van der Waals surface area contributed by atoms with Gasteiger partial charge in [-0.05, 0) is 13.8 Å². The first-order valence-electron chi connectivity index (χ1n) is 8.10. The molecule has 134 valence electrons. The summed E-state index contributed by atoms with van der Waals surface area (Å²) in [7, 11) is 0. The van der Waals surface area contributed by atoms with Crippen LogP contribution in [-0.4, -0.2) is 44.4 Å². The average Bonchev–Trinajstić information content (AvgIpc) is 2.87. The van der Waals surface area contributed by atoms with Crippen molar-refractivity contribution >= 4 is 40.4 Å². The Balaban J connectivity index is 1.43. The summed E-state index contributed by atoms with van der Waals surface area (Å²) in [6, 6.07) is 1.75. The summed E-state index contributed by atoms with van der Waals surface area (Å²) in [5, 5.41) is 3.92. The molecule has 7 nitrogen and oxygen atoms in total. The molecule has 1 fully saturated rings. The van der Waals surface area contributed by atoms with Gasteiger partial charge in [-0.1, -0.05) is 23.2 Å². The van der Waals surface area contributed by atoms with E-state index in [4.69, 9.17) is 23.2 Å². The van der Waals surface area contributed by atoms with Crippen LogP contribution in [0.1, 0.15) is 21.9 Å². The maximum Gasteiger partial charge on any atom is 0.271 e. The number of aromatic nitrogens is 4. The average molecular weight is 391 g/mol. The Morgan fingerprint density at radius 2 is 2.00 bits per heavy atom. The van der Waals surface area contributed by atoms with Gasteiger partial charge in [-0.2, -0.15) is 0 Å². The van der Waals surface area contributed by atoms with Crippen LogP contribution in [0.25, 0.3) is 5.65 Å². The van der Waals surface area contributed by atoms with Crippen LogP contribution < -0.4 is 10.2 Å². The Labute approximate surface area is 160 Å². The maximum atomic E-state index is 12.5. The Morgan fingerprint density at radius 1 is 1.23 bits per heavy atom. The van der Waals surface area contributed by atoms with Gasteiger partial charge in [0.05, 0.1) is 28.6 Å². The molecule has 3 aromatic rings. The zero-order chi connectivity index (χ0) is 18.4. The maximum absolute atomic E-state index is 12.5. The summed E-state index contributed by atoms with van der Waals surface area (Å²) in [4.78, 5) is 27.1. The van der Waals surface area contributed by atoms with Crippen molar-refractivity contribution in [1.29, 1.82) is 0 Å². The molecular formula is C17H16Cl2N6O. The lowest BCUT2D eigenvalue weighted by atomic mass is 10.1. The molecule has 9 heteroatoms. The van der Waals surface area contributed by atoms with Crippen LogP contribution in [0, 0.1) is 13.8 Å². The molecule has 4 rings (SSSR count). The van der Waals surface area contributed by atoms with Crippen molar-refractivity contribution in [2.75, 3.05) is 18.0 Å². The fourth-order valence-electron chi connectivity index (χ4n) is 2.98. The van der Waals surface area contributed by atoms with Gasteiger partial charge in [0.2, 0.25) is 0 Å². The number of hydrogen-bond acceptors (Lipinski definition) is 5. The molecule has 0 atom stereocenters. The minimum absolute atomic E-state index is 0.0219. The molecule has 1 amide bonds. The number of rotatable bonds is 3. The van der Waals surface area contributed by atoms with Crippen LogP contribution in [0.4, 0.5) is 5.69 Å². The van der Waals surface area contributed by atoms with Gasteiger partial charge >= 0.3 is 0 Å². The van der Waals surface area contributed by atoms with Crippen molar-refractivity contribution in [3.05, 3.63) is 51.9 Å². The largest absolute Gasteiger partial charge is 0.366 e. The van der Waals surface area contributed by atoms with Gasteiger partial charge in [0, 0.05) is 37.2 Å². The van der Waals surface area contributed by atoms with Gasteiger partial charge in [0.25, 0.3) is 5.91 Å². The highest BCUT2D eigenvalue weighted by Crippen LogP contribution is 2.30. The summed E-state index contributed by atoms with van der Waals surface area (Å²) in [6.07, 6.45) is 4.86. The molecule has 0 bridgehead atoms. The summed E-state index contributed by atoms with van der Waals surface area (Å²) in [5.41, 5.74) is 3.83. The number of hydrogen-bond donors (Lipinski definition) is 1. The second kappa shape index (κ2) is 6.41. The summed E-state index contributed by atoms with van der Waals surface area (Å²) < 4.78 is 1.88. The van der Waals surface area contributed by atoms with Crippen molar-refractivity contribution in [2.24, 2.45) is 0 Å². The summed E-state index contributed by atoms with van der Waals surface area (Å²) in [5.74, 6) is -0.207. The minimum atomic E-state index is -0.207. The zero-order valence-corrected chi connectivity index (χ0v) is 15.7. The van der Waals surface area contributed by atoms with Crippen molar-refractivity contribution in [1.82, 2.24) is 24.7 Å². The number of fused-ring (bicyclic) bond motifs is 1. The third kappa shape index (κ3) is 2.97. The number of halogens is 2. The predicted molar refractivity (Wildman–Crippen MR) is 100 cm³/mol. The van der Waals surface area contributed by atoms with E-state index in [0.717, 1.165) is 22.7 Å². The predicted octanol–water partition coefficient (Wildman–Crippen LogP) is 2.67. The van der Waals surface area contributed by atoms with E-state index in [2.05, 4.69) is 20.3 Å². The second-order valence-electron chi connectivity index (χ2n) is 6.32. The first kappa shape index (κ1) is 17.1. The first-order chi connectivity index (χ1) is 12.4. The minimum Gasteiger partial charge on any atom is -0.366 e. The normalized spacial score (nSPS) is 14.5. The van der Waals surface area contributed by atoms with E-state index in [1.165, 1.54) is 6.20 Å². The fraction of sp³-hybridized carbons (Fsp3) is 0.294. The molecule has 26 heavy (non-hydrogen) atoms. The van der Waals surface area contributed by atoms with Crippen molar-refractivity contribution < 1.29 is 4.79 Å². The number of nitrogens with zero attached hydrogens (tertiary/aromatic N) is 5. The number of carbonyl (C=O) groups is 1. The van der Waals surface area contributed by atoms with Crippen molar-refractivity contribution in [3.63, 3.8) is 0 Å². The number of anilines is 1. The number of amides is 1. The molecule has 1 aliphatic rings. The van der Waals surface area contributed by atoms with E-state index < -0.39 is 0 Å². The lowest BCUT2D eigenvalue weighted by molar-refractivity contribution is 0.0924. The van der Waals surface area contributed by atoms with Crippen molar-refractivity contribution in [3.8, 4) is 0 Å². The van der Waals surface area contributed by atoms with Gasteiger partial charge in [-0.15, -0.1) is 0 Å². The van der Waals surface area contributed by atoms with Gasteiger partial charge < -0.3 is 14.6 Å². The zero-order valence-electron chi connectivity index (χ0n) is 14.2. The molecule has 0 spiro atoms. The summed E-state index contributed by atoms with van der Waals surface area (Å²) >= 11 is 12.1. The van der Waals surface area contributed by atoms with E-state index >= 15 is 0 Å². The quantitative estimate of drug-likeness (QED) is 0.695. The Morgan fingerprint density at radius 3 is 2.77 bits per heavy atom. The number of aryl methyl sites for hydroxylation is 2. The SMILES string of the molecule is Cc1nc2cnc(C(=O)NC3CN(c4cc(Cl)ncc4Cl)C3)cn2c1C. The number of pyridine rings is 1. The second-order valence-corrected chi connectivity index (χ2v) is 7.11. The molecule has 0 aliphatic carbocycles. The van der Waals surface area contributed by atoms with E-state index in [9.17, 15) is 4.79 Å². The highest BCUT2D eigenvalue weighted by Gasteiger charge is 2.30. The standard InChI is InChI=1S/C17H16Cl2N6O/c1-9-10(2)25-8-13(20-5-16(25)22-9)17(26)23-11-6-24(7-11)14-3-15(19)21-4-12(14)18/h3-5,8,11H,6-7H2,1-2H3,(H,23,26). The molecule has 3 aromatic heterocycles. The van der Waals surface area contributed by atoms with E-state index in [0.29, 0.717) is 29.0 Å². The smallest absolute Gasteiger partial charge is 0.271 e. The molecule has 0 unspecified atom stereocenters. The lowest BCUT2D eigenvalue weighted by Gasteiger charge is -2.41. The van der Waals surface area contributed by atoms with Gasteiger partial charge in [-0.25, -0.2) is 15.0 Å². The molecule has 1 aliphatic heterocycles. The molecule has 4 heterocycles. The van der Waals surface area contributed by atoms with Crippen LogP contribution in [0.5, 0.6) is 0 Å². The monoisotopic (exact) mass is 390 g/mol. The highest BCUT2D eigenvalue weighted by atomic mass is 35.5. The lowest BCUT2D eigenvalue weighted by Crippen LogP contribution is -2.59. The van der Waals surface area contributed by atoms with Crippen molar-refractivity contribution in [2.45, 2.75) is 19.9 Å². The first-order valence-corrected chi connectivity index (χ1v) is 8.86.